The van der Waals surface area contributed by atoms with Crippen LogP contribution in [-0.4, -0.2) is 26.7 Å². The summed E-state index contributed by atoms with van der Waals surface area (Å²) in [6, 6.07) is 10.5. The van der Waals surface area contributed by atoms with Crippen LogP contribution in [-0.2, 0) is 28.3 Å². The third-order valence-corrected chi connectivity index (χ3v) is 5.50. The molecule has 1 unspecified atom stereocenters. The Kier molecular flexibility index (Phi) is 3.14. The molecule has 2 aliphatic rings. The molecule has 136 valence electrons. The Hall–Kier alpha value is -3.03. The number of hydrogen-bond acceptors (Lipinski definition) is 6. The number of benzene rings is 1. The number of carbonyl (C=O) groups is 1. The molecular formula is C20H17N3O4. The highest BCUT2D eigenvalue weighted by molar-refractivity contribution is 5.86. The number of pyridine rings is 2. The van der Waals surface area contributed by atoms with E-state index in [4.69, 9.17) is 15.5 Å². The summed E-state index contributed by atoms with van der Waals surface area (Å²) < 4.78 is 6.67. The molecule has 7 heteroatoms. The van der Waals surface area contributed by atoms with E-state index < -0.39 is 17.6 Å². The molecule has 0 saturated heterocycles. The van der Waals surface area contributed by atoms with Gasteiger partial charge in [0, 0.05) is 22.6 Å². The summed E-state index contributed by atoms with van der Waals surface area (Å²) in [4.78, 5) is 30.1. The zero-order valence-electron chi connectivity index (χ0n) is 14.6. The monoisotopic (exact) mass is 363 g/mol. The Balaban J connectivity index is 1.81. The lowest BCUT2D eigenvalue weighted by molar-refractivity contribution is -0.174. The van der Waals surface area contributed by atoms with E-state index >= 15 is 0 Å². The van der Waals surface area contributed by atoms with E-state index in [1.807, 2.05) is 30.3 Å². The van der Waals surface area contributed by atoms with Crippen molar-refractivity contribution in [3.63, 3.8) is 0 Å². The van der Waals surface area contributed by atoms with Gasteiger partial charge in [0.2, 0.25) is 5.60 Å². The van der Waals surface area contributed by atoms with Crippen LogP contribution in [0.4, 0.5) is 0 Å². The van der Waals surface area contributed by atoms with Gasteiger partial charge in [0.25, 0.3) is 5.56 Å². The fraction of sp³-hybridized carbons (Fsp3) is 0.250. The van der Waals surface area contributed by atoms with Crippen molar-refractivity contribution in [2.75, 3.05) is 0 Å². The van der Waals surface area contributed by atoms with Crippen LogP contribution in [0.3, 0.4) is 0 Å². The average molecular weight is 363 g/mol. The van der Waals surface area contributed by atoms with Gasteiger partial charge in [-0.1, -0.05) is 18.2 Å². The number of fused-ring (bicyclic) bond motifs is 5. The van der Waals surface area contributed by atoms with Crippen molar-refractivity contribution >= 4 is 16.9 Å². The molecule has 2 atom stereocenters. The predicted octanol–water partition coefficient (Wildman–Crippen LogP) is 1.02. The van der Waals surface area contributed by atoms with Crippen LogP contribution >= 0.6 is 0 Å². The molecule has 3 aromatic rings. The van der Waals surface area contributed by atoms with Crippen LogP contribution in [0.2, 0.25) is 0 Å². The Labute approximate surface area is 154 Å². The zero-order chi connectivity index (χ0) is 18.9. The number of ether oxygens (including phenoxy) is 1. The fourth-order valence-electron chi connectivity index (χ4n) is 3.98. The van der Waals surface area contributed by atoms with Gasteiger partial charge in [0.05, 0.1) is 29.0 Å². The Bertz CT molecular complexity index is 1200. The molecule has 0 bridgehead atoms. The number of hydrogen-bond donors (Lipinski definition) is 2. The van der Waals surface area contributed by atoms with Gasteiger partial charge < -0.3 is 20.1 Å². The summed E-state index contributed by atoms with van der Waals surface area (Å²) in [6.45, 7) is 1.73. The van der Waals surface area contributed by atoms with Crippen molar-refractivity contribution in [3.05, 3.63) is 63.4 Å². The quantitative estimate of drug-likeness (QED) is 0.489. The number of carbonyl (C=O) groups excluding carboxylic acids is 1. The molecule has 2 aromatic heterocycles. The van der Waals surface area contributed by atoms with Crippen molar-refractivity contribution in [2.45, 2.75) is 31.7 Å². The van der Waals surface area contributed by atoms with Gasteiger partial charge in [-0.25, -0.2) is 9.78 Å². The summed E-state index contributed by atoms with van der Waals surface area (Å²) in [5, 5.41) is 12.0. The van der Waals surface area contributed by atoms with Crippen molar-refractivity contribution in [1.29, 1.82) is 0 Å². The number of esters is 1. The summed E-state index contributed by atoms with van der Waals surface area (Å²) >= 11 is 0. The molecule has 0 spiro atoms. The Morgan fingerprint density at radius 2 is 2.07 bits per heavy atom. The molecule has 3 N–H and O–H groups in total. The lowest BCUT2D eigenvalue weighted by atomic mass is 9.83. The summed E-state index contributed by atoms with van der Waals surface area (Å²) in [5.74, 6) is -0.834. The molecule has 0 fully saturated rings. The van der Waals surface area contributed by atoms with E-state index in [1.165, 1.54) is 6.92 Å². The first-order valence-corrected chi connectivity index (χ1v) is 8.72. The van der Waals surface area contributed by atoms with E-state index in [-0.39, 0.29) is 23.3 Å². The van der Waals surface area contributed by atoms with E-state index in [0.717, 1.165) is 16.5 Å². The minimum Gasteiger partial charge on any atom is -0.458 e. The third-order valence-electron chi connectivity index (χ3n) is 5.50. The second-order valence-corrected chi connectivity index (χ2v) is 7.13. The topological polar surface area (TPSA) is 107 Å². The molecule has 27 heavy (non-hydrogen) atoms. The van der Waals surface area contributed by atoms with Gasteiger partial charge in [0.1, 0.15) is 6.61 Å². The normalized spacial score (nSPS) is 21.4. The van der Waals surface area contributed by atoms with Crippen LogP contribution in [0.25, 0.3) is 22.3 Å². The first kappa shape index (κ1) is 16.2. The van der Waals surface area contributed by atoms with Gasteiger partial charge in [-0.05, 0) is 25.1 Å². The van der Waals surface area contributed by atoms with E-state index in [1.54, 1.807) is 10.6 Å². The summed E-state index contributed by atoms with van der Waals surface area (Å²) in [7, 11) is 0. The first-order chi connectivity index (χ1) is 12.9. The van der Waals surface area contributed by atoms with E-state index in [2.05, 4.69) is 0 Å². The molecule has 7 nitrogen and oxygen atoms in total. The molecule has 0 amide bonds. The van der Waals surface area contributed by atoms with Crippen LogP contribution in [0.1, 0.15) is 23.6 Å². The van der Waals surface area contributed by atoms with Crippen molar-refractivity contribution < 1.29 is 14.6 Å². The van der Waals surface area contributed by atoms with Crippen molar-refractivity contribution in [3.8, 4) is 11.4 Å². The lowest BCUT2D eigenvalue weighted by Gasteiger charge is -2.35. The number of aliphatic hydroxyl groups is 1. The van der Waals surface area contributed by atoms with Crippen LogP contribution < -0.4 is 11.3 Å². The molecule has 4 heterocycles. The van der Waals surface area contributed by atoms with Crippen LogP contribution in [0.5, 0.6) is 0 Å². The number of nitrogens with two attached hydrogens (primary N) is 1. The Morgan fingerprint density at radius 3 is 2.85 bits per heavy atom. The SMILES string of the molecule is CC(N)[C@@]1(O)C(=O)OCc2c1cc1n(c2=O)Cc2cc3ccccc3nc2-1. The zero-order valence-corrected chi connectivity index (χ0v) is 14.6. The Morgan fingerprint density at radius 1 is 1.30 bits per heavy atom. The van der Waals surface area contributed by atoms with Gasteiger partial charge in [-0.15, -0.1) is 0 Å². The predicted molar refractivity (Wildman–Crippen MR) is 97.9 cm³/mol. The van der Waals surface area contributed by atoms with Gasteiger partial charge in [0.15, 0.2) is 0 Å². The maximum atomic E-state index is 13.1. The van der Waals surface area contributed by atoms with Gasteiger partial charge in [-0.2, -0.15) is 0 Å². The number of aromatic nitrogens is 2. The highest BCUT2D eigenvalue weighted by atomic mass is 16.6. The average Bonchev–Trinajstić information content (AvgIpc) is 3.01. The standard InChI is InChI=1S/C20H17N3O4/c1-10(21)20(26)14-7-16-17-12(6-11-4-2-3-5-15(11)22-17)8-23(16)18(24)13(14)9-27-19(20)25/h2-7,10,26H,8-9,21H2,1H3/t10?,20-/m0/s1. The van der Waals surface area contributed by atoms with Crippen LogP contribution in [0.15, 0.2) is 41.2 Å². The van der Waals surface area contributed by atoms with Crippen molar-refractivity contribution in [1.82, 2.24) is 9.55 Å². The second kappa shape index (κ2) is 5.25. The number of cyclic esters (lactones) is 1. The molecule has 2 aliphatic heterocycles. The number of rotatable bonds is 1. The van der Waals surface area contributed by atoms with Gasteiger partial charge in [-0.3, -0.25) is 4.79 Å². The molecule has 0 saturated carbocycles. The van der Waals surface area contributed by atoms with Gasteiger partial charge >= 0.3 is 5.97 Å². The maximum absolute atomic E-state index is 13.1. The van der Waals surface area contributed by atoms with Crippen LogP contribution in [0, 0.1) is 0 Å². The lowest BCUT2D eigenvalue weighted by Crippen LogP contribution is -2.54. The minimum absolute atomic E-state index is 0.173. The van der Waals surface area contributed by atoms with E-state index in [9.17, 15) is 14.7 Å². The maximum Gasteiger partial charge on any atom is 0.344 e. The number of nitrogens with zero attached hydrogens (tertiary/aromatic N) is 2. The largest absolute Gasteiger partial charge is 0.458 e. The fourth-order valence-corrected chi connectivity index (χ4v) is 3.98. The highest BCUT2D eigenvalue weighted by Crippen LogP contribution is 2.38. The third kappa shape index (κ3) is 2.01. The molecule has 1 aromatic carbocycles. The second-order valence-electron chi connectivity index (χ2n) is 7.13. The summed E-state index contributed by atoms with van der Waals surface area (Å²) in [6.07, 6.45) is 0. The summed E-state index contributed by atoms with van der Waals surface area (Å²) in [5.41, 5.74) is 7.02. The molecular weight excluding hydrogens is 346 g/mol. The molecule has 0 aliphatic carbocycles. The van der Waals surface area contributed by atoms with E-state index in [0.29, 0.717) is 17.9 Å². The number of para-hydroxylation sites is 1. The molecule has 0 radical (unpaired) electrons. The van der Waals surface area contributed by atoms with Crippen molar-refractivity contribution in [2.24, 2.45) is 5.73 Å². The minimum atomic E-state index is -2.05. The molecule has 5 rings (SSSR count). The smallest absolute Gasteiger partial charge is 0.344 e. The first-order valence-electron chi connectivity index (χ1n) is 8.72. The highest BCUT2D eigenvalue weighted by Gasteiger charge is 2.49.